The maximum Gasteiger partial charge on any atom is 0.162 e. The van der Waals surface area contributed by atoms with Crippen LogP contribution >= 0.6 is 0 Å². The van der Waals surface area contributed by atoms with E-state index >= 15 is 0 Å². The van der Waals surface area contributed by atoms with Crippen molar-refractivity contribution in [1.29, 1.82) is 0 Å². The van der Waals surface area contributed by atoms with Gasteiger partial charge in [-0.1, -0.05) is 20.8 Å². The fourth-order valence-corrected chi connectivity index (χ4v) is 4.86. The highest BCUT2D eigenvalue weighted by Gasteiger charge is 2.53. The van der Waals surface area contributed by atoms with Gasteiger partial charge in [0.05, 0.1) is 6.54 Å². The highest BCUT2D eigenvalue weighted by atomic mass is 16.1. The molecule has 0 bridgehead atoms. The molecule has 2 atom stereocenters. The monoisotopic (exact) mass is 285 g/mol. The number of dihydropyridines is 1. The minimum absolute atomic E-state index is 0.0438. The fourth-order valence-electron chi connectivity index (χ4n) is 4.86. The predicted octanol–water partition coefficient (Wildman–Crippen LogP) is 3.72. The Morgan fingerprint density at radius 1 is 1.29 bits per heavy atom. The summed E-state index contributed by atoms with van der Waals surface area (Å²) in [5.74, 6) is 1.96. The lowest BCUT2D eigenvalue weighted by atomic mass is 9.62. The molecule has 21 heavy (non-hydrogen) atoms. The summed E-state index contributed by atoms with van der Waals surface area (Å²) in [6, 6.07) is 0. The minimum Gasteiger partial charge on any atom is -0.342 e. The van der Waals surface area contributed by atoms with E-state index in [-0.39, 0.29) is 10.8 Å². The summed E-state index contributed by atoms with van der Waals surface area (Å²) < 4.78 is 0. The lowest BCUT2D eigenvalue weighted by molar-refractivity contribution is -0.119. The molecular formula is C17H23N3O. The van der Waals surface area contributed by atoms with E-state index in [1.54, 1.807) is 0 Å². The molecule has 0 unspecified atom stereocenters. The maximum absolute atomic E-state index is 12.9. The molecule has 2 aliphatic heterocycles. The van der Waals surface area contributed by atoms with Crippen molar-refractivity contribution in [3.63, 3.8) is 0 Å². The van der Waals surface area contributed by atoms with Crippen LogP contribution in [0.3, 0.4) is 0 Å². The molecule has 0 aromatic rings. The van der Waals surface area contributed by atoms with Gasteiger partial charge in [-0.05, 0) is 37.0 Å². The predicted molar refractivity (Wildman–Crippen MR) is 80.4 cm³/mol. The Morgan fingerprint density at radius 3 is 2.81 bits per heavy atom. The lowest BCUT2D eigenvalue weighted by Crippen LogP contribution is -2.42. The average molecular weight is 285 g/mol. The smallest absolute Gasteiger partial charge is 0.162 e. The molecule has 1 saturated carbocycles. The third-order valence-electron chi connectivity index (χ3n) is 5.65. The second-order valence-corrected chi connectivity index (χ2v) is 8.08. The van der Waals surface area contributed by atoms with Crippen LogP contribution in [-0.2, 0) is 4.79 Å². The molecule has 1 N–H and O–H groups in total. The van der Waals surface area contributed by atoms with Gasteiger partial charge in [0.1, 0.15) is 0 Å². The molecule has 1 fully saturated rings. The van der Waals surface area contributed by atoms with Crippen molar-refractivity contribution in [2.45, 2.75) is 52.9 Å². The van der Waals surface area contributed by atoms with Crippen molar-refractivity contribution < 1.29 is 4.79 Å². The van der Waals surface area contributed by atoms with E-state index < -0.39 is 0 Å². The van der Waals surface area contributed by atoms with Gasteiger partial charge in [0, 0.05) is 28.7 Å². The van der Waals surface area contributed by atoms with Gasteiger partial charge >= 0.3 is 0 Å². The van der Waals surface area contributed by atoms with Crippen LogP contribution in [0.4, 0.5) is 0 Å². The molecule has 2 heterocycles. The molecule has 0 amide bonds. The molecule has 4 nitrogen and oxygen atoms in total. The lowest BCUT2D eigenvalue weighted by Gasteiger charge is -2.44. The maximum atomic E-state index is 12.9. The Morgan fingerprint density at radius 2 is 2.10 bits per heavy atom. The first kappa shape index (κ1) is 13.2. The van der Waals surface area contributed by atoms with Gasteiger partial charge in [-0.15, -0.1) is 5.11 Å². The summed E-state index contributed by atoms with van der Waals surface area (Å²) in [4.78, 5) is 12.9. The SMILES string of the molecule is C[C@@H]1CC[C@]2(C1)C1=C(N=NC1)NC1=C2C(=O)CC(C)(C)C1. The van der Waals surface area contributed by atoms with E-state index in [2.05, 4.69) is 36.3 Å². The van der Waals surface area contributed by atoms with Crippen molar-refractivity contribution in [3.8, 4) is 0 Å². The van der Waals surface area contributed by atoms with Crippen LogP contribution in [0, 0.1) is 16.7 Å². The first-order valence-electron chi connectivity index (χ1n) is 8.06. The quantitative estimate of drug-likeness (QED) is 0.737. The Labute approximate surface area is 125 Å². The van der Waals surface area contributed by atoms with E-state index in [1.807, 2.05) is 0 Å². The summed E-state index contributed by atoms with van der Waals surface area (Å²) in [5, 5.41) is 12.0. The highest BCUT2D eigenvalue weighted by Crippen LogP contribution is 2.58. The van der Waals surface area contributed by atoms with Crippen molar-refractivity contribution in [2.24, 2.45) is 27.0 Å². The molecule has 0 radical (unpaired) electrons. The molecule has 4 rings (SSSR count). The summed E-state index contributed by atoms with van der Waals surface area (Å²) in [6.45, 7) is 7.33. The second-order valence-electron chi connectivity index (χ2n) is 8.08. The zero-order valence-electron chi connectivity index (χ0n) is 13.1. The van der Waals surface area contributed by atoms with Gasteiger partial charge in [-0.2, -0.15) is 5.11 Å². The van der Waals surface area contributed by atoms with Crippen molar-refractivity contribution >= 4 is 5.78 Å². The Balaban J connectivity index is 1.87. The summed E-state index contributed by atoms with van der Waals surface area (Å²) in [6.07, 6.45) is 4.98. The first-order valence-corrected chi connectivity index (χ1v) is 8.06. The summed E-state index contributed by atoms with van der Waals surface area (Å²) >= 11 is 0. The number of carbonyl (C=O) groups is 1. The van der Waals surface area contributed by atoms with E-state index in [0.717, 1.165) is 36.4 Å². The van der Waals surface area contributed by atoms with Gasteiger partial charge < -0.3 is 5.32 Å². The van der Waals surface area contributed by atoms with Gasteiger partial charge in [0.15, 0.2) is 11.6 Å². The zero-order valence-corrected chi connectivity index (χ0v) is 13.1. The van der Waals surface area contributed by atoms with E-state index in [1.165, 1.54) is 12.0 Å². The van der Waals surface area contributed by atoms with Gasteiger partial charge in [-0.25, -0.2) is 0 Å². The number of Topliss-reactive ketones (excluding diaryl/α,β-unsaturated/α-hetero) is 1. The van der Waals surface area contributed by atoms with Crippen LogP contribution < -0.4 is 5.32 Å². The van der Waals surface area contributed by atoms with Crippen LogP contribution in [0.5, 0.6) is 0 Å². The Bertz CT molecular complexity index is 626. The van der Waals surface area contributed by atoms with Crippen molar-refractivity contribution in [3.05, 3.63) is 22.7 Å². The normalized spacial score (nSPS) is 37.1. The first-order chi connectivity index (χ1) is 9.91. The molecule has 112 valence electrons. The Kier molecular flexibility index (Phi) is 2.55. The molecule has 1 spiro atoms. The minimum atomic E-state index is -0.0631. The number of ketones is 1. The van der Waals surface area contributed by atoms with Gasteiger partial charge in [-0.3, -0.25) is 4.79 Å². The number of allylic oxidation sites excluding steroid dienone is 2. The molecule has 2 aliphatic carbocycles. The van der Waals surface area contributed by atoms with E-state index in [9.17, 15) is 4.79 Å². The molecule has 4 aliphatic rings. The van der Waals surface area contributed by atoms with Crippen molar-refractivity contribution in [2.75, 3.05) is 6.54 Å². The second kappa shape index (κ2) is 4.05. The van der Waals surface area contributed by atoms with Gasteiger partial charge in [0.25, 0.3) is 0 Å². The molecule has 4 heteroatoms. The van der Waals surface area contributed by atoms with Crippen LogP contribution in [0.2, 0.25) is 0 Å². The largest absolute Gasteiger partial charge is 0.342 e. The number of carbonyl (C=O) groups excluding carboxylic acids is 1. The molecular weight excluding hydrogens is 262 g/mol. The topological polar surface area (TPSA) is 53.8 Å². The molecule has 0 aromatic carbocycles. The summed E-state index contributed by atoms with van der Waals surface area (Å²) in [7, 11) is 0. The van der Waals surface area contributed by atoms with E-state index in [0.29, 0.717) is 24.7 Å². The van der Waals surface area contributed by atoms with Crippen LogP contribution in [0.15, 0.2) is 32.9 Å². The number of nitrogens with zero attached hydrogens (tertiary/aromatic N) is 2. The van der Waals surface area contributed by atoms with Crippen LogP contribution in [0.1, 0.15) is 52.9 Å². The number of fused-ring (bicyclic) bond motifs is 2. The summed E-state index contributed by atoms with van der Waals surface area (Å²) in [5.41, 5.74) is 3.47. The fraction of sp³-hybridized carbons (Fsp3) is 0.706. The number of hydrogen-bond donors (Lipinski definition) is 1. The van der Waals surface area contributed by atoms with Crippen molar-refractivity contribution in [1.82, 2.24) is 5.32 Å². The highest BCUT2D eigenvalue weighted by molar-refractivity contribution is 6.00. The zero-order chi connectivity index (χ0) is 14.8. The van der Waals surface area contributed by atoms with Crippen LogP contribution in [0.25, 0.3) is 0 Å². The molecule has 0 aromatic heterocycles. The number of rotatable bonds is 0. The Hall–Kier alpha value is -1.45. The average Bonchev–Trinajstić information content (AvgIpc) is 2.95. The standard InChI is InChI=1S/C17H23N3O/c1-10-4-5-17(6-10)11-9-18-20-15(11)19-12-7-16(2,3)8-13(21)14(12)17/h10,19H,4-9H2,1-3H3/t10-,17+/m1/s1. The van der Waals surface area contributed by atoms with E-state index in [4.69, 9.17) is 0 Å². The third-order valence-corrected chi connectivity index (χ3v) is 5.65. The van der Waals surface area contributed by atoms with Crippen LogP contribution in [-0.4, -0.2) is 12.3 Å². The molecule has 0 saturated heterocycles. The van der Waals surface area contributed by atoms with Gasteiger partial charge in [0.2, 0.25) is 0 Å². The number of hydrogen-bond acceptors (Lipinski definition) is 4. The third kappa shape index (κ3) is 1.77. The number of azo groups is 1. The number of nitrogens with one attached hydrogen (secondary N) is 1.